The Morgan fingerprint density at radius 3 is 2.91 bits per heavy atom. The minimum atomic E-state index is -0.137. The lowest BCUT2D eigenvalue weighted by Crippen LogP contribution is -2.41. The van der Waals surface area contributed by atoms with Crippen molar-refractivity contribution in [2.24, 2.45) is 13.0 Å². The van der Waals surface area contributed by atoms with E-state index in [1.54, 1.807) is 24.5 Å². The van der Waals surface area contributed by atoms with Crippen LogP contribution < -0.4 is 5.32 Å². The molecule has 0 bridgehead atoms. The molecule has 2 aromatic heterocycles. The molecule has 0 aromatic carbocycles. The Bertz CT molecular complexity index is 656. The smallest absolute Gasteiger partial charge is 0.253 e. The highest BCUT2D eigenvalue weighted by molar-refractivity contribution is 5.94. The van der Waals surface area contributed by atoms with Crippen molar-refractivity contribution >= 4 is 5.91 Å². The third-order valence-electron chi connectivity index (χ3n) is 4.43. The zero-order valence-electron chi connectivity index (χ0n) is 13.2. The first-order valence-electron chi connectivity index (χ1n) is 7.81. The van der Waals surface area contributed by atoms with Crippen molar-refractivity contribution in [1.29, 1.82) is 0 Å². The lowest BCUT2D eigenvalue weighted by atomic mass is 10.0. The van der Waals surface area contributed by atoms with Crippen LogP contribution in [-0.2, 0) is 13.6 Å². The number of aromatic nitrogens is 2. The zero-order chi connectivity index (χ0) is 16.2. The highest BCUT2D eigenvalue weighted by atomic mass is 16.3. The van der Waals surface area contributed by atoms with Gasteiger partial charge in [-0.05, 0) is 24.3 Å². The molecule has 1 saturated heterocycles. The van der Waals surface area contributed by atoms with Crippen LogP contribution in [0.3, 0.4) is 0 Å². The molecule has 0 spiro atoms. The van der Waals surface area contributed by atoms with Crippen LogP contribution in [0.4, 0.5) is 0 Å². The first kappa shape index (κ1) is 15.7. The molecule has 122 valence electrons. The van der Waals surface area contributed by atoms with Crippen molar-refractivity contribution in [2.75, 3.05) is 19.7 Å². The Labute approximate surface area is 135 Å². The van der Waals surface area contributed by atoms with Crippen molar-refractivity contribution < 1.29 is 9.90 Å². The number of amides is 1. The largest absolute Gasteiger partial charge is 0.396 e. The van der Waals surface area contributed by atoms with E-state index in [-0.39, 0.29) is 24.5 Å². The fourth-order valence-electron chi connectivity index (χ4n) is 3.08. The van der Waals surface area contributed by atoms with E-state index in [0.717, 1.165) is 19.6 Å². The van der Waals surface area contributed by atoms with Gasteiger partial charge < -0.3 is 15.0 Å². The lowest BCUT2D eigenvalue weighted by molar-refractivity contribution is 0.0920. The number of nitrogens with one attached hydrogen (secondary N) is 1. The van der Waals surface area contributed by atoms with Gasteiger partial charge in [0.25, 0.3) is 5.91 Å². The maximum atomic E-state index is 12.3. The van der Waals surface area contributed by atoms with Gasteiger partial charge in [0, 0.05) is 69.5 Å². The average molecular weight is 314 g/mol. The highest BCUT2D eigenvalue weighted by Gasteiger charge is 2.33. The zero-order valence-corrected chi connectivity index (χ0v) is 13.2. The van der Waals surface area contributed by atoms with Gasteiger partial charge in [-0.3, -0.25) is 14.7 Å². The molecule has 2 N–H and O–H groups in total. The van der Waals surface area contributed by atoms with Crippen LogP contribution in [0.25, 0.3) is 0 Å². The Morgan fingerprint density at radius 1 is 1.39 bits per heavy atom. The Morgan fingerprint density at radius 2 is 2.26 bits per heavy atom. The summed E-state index contributed by atoms with van der Waals surface area (Å²) in [6, 6.07) is 7.56. The molecule has 1 aliphatic rings. The van der Waals surface area contributed by atoms with E-state index in [1.165, 1.54) is 5.69 Å². The lowest BCUT2D eigenvalue weighted by Gasteiger charge is -2.18. The number of hydrogen-bond donors (Lipinski definition) is 2. The average Bonchev–Trinajstić information content (AvgIpc) is 3.15. The van der Waals surface area contributed by atoms with Crippen molar-refractivity contribution in [3.05, 3.63) is 54.1 Å². The standard InChI is InChI=1S/C17H22N4O2/c1-20-7-3-5-15(20)10-21-9-14(12-22)16(11-21)19-17(23)13-4-2-6-18-8-13/h2-8,14,16,22H,9-12H2,1H3,(H,19,23)/t14-,16+/m0/s1. The molecule has 2 atom stereocenters. The second kappa shape index (κ2) is 6.93. The fraction of sp³-hybridized carbons (Fsp3) is 0.412. The minimum absolute atomic E-state index is 0.0482. The van der Waals surface area contributed by atoms with Crippen LogP contribution in [0.2, 0.25) is 0 Å². The summed E-state index contributed by atoms with van der Waals surface area (Å²) in [6.45, 7) is 2.41. The van der Waals surface area contributed by atoms with Gasteiger partial charge >= 0.3 is 0 Å². The third-order valence-corrected chi connectivity index (χ3v) is 4.43. The molecule has 0 saturated carbocycles. The molecule has 1 fully saturated rings. The topological polar surface area (TPSA) is 70.4 Å². The molecule has 6 nitrogen and oxygen atoms in total. The number of aryl methyl sites for hydroxylation is 1. The van der Waals surface area contributed by atoms with Gasteiger partial charge in [0.2, 0.25) is 0 Å². The summed E-state index contributed by atoms with van der Waals surface area (Å²) in [5.74, 6) is -0.0850. The minimum Gasteiger partial charge on any atom is -0.396 e. The van der Waals surface area contributed by atoms with Crippen LogP contribution in [0.1, 0.15) is 16.1 Å². The number of likely N-dealkylation sites (tertiary alicyclic amines) is 1. The molecule has 3 heterocycles. The number of rotatable bonds is 5. The molecule has 0 radical (unpaired) electrons. The first-order valence-corrected chi connectivity index (χ1v) is 7.81. The molecule has 23 heavy (non-hydrogen) atoms. The molecule has 0 aliphatic carbocycles. The van der Waals surface area contributed by atoms with Crippen molar-refractivity contribution in [3.63, 3.8) is 0 Å². The van der Waals surface area contributed by atoms with Crippen molar-refractivity contribution in [2.45, 2.75) is 12.6 Å². The number of carbonyl (C=O) groups excluding carboxylic acids is 1. The normalized spacial score (nSPS) is 21.5. The Balaban J connectivity index is 1.63. The molecular formula is C17H22N4O2. The SMILES string of the molecule is Cn1cccc1CN1C[C@@H](CO)[C@H](NC(=O)c2cccnc2)C1. The van der Waals surface area contributed by atoms with Crippen LogP contribution >= 0.6 is 0 Å². The van der Waals surface area contributed by atoms with E-state index in [1.807, 2.05) is 19.3 Å². The summed E-state index contributed by atoms with van der Waals surface area (Å²) in [5.41, 5.74) is 1.77. The molecular weight excluding hydrogens is 292 g/mol. The predicted molar refractivity (Wildman–Crippen MR) is 86.8 cm³/mol. The van der Waals surface area contributed by atoms with Gasteiger partial charge in [0.1, 0.15) is 0 Å². The maximum Gasteiger partial charge on any atom is 0.253 e. The number of aliphatic hydroxyl groups excluding tert-OH is 1. The monoisotopic (exact) mass is 314 g/mol. The Hall–Kier alpha value is -2.18. The summed E-state index contributed by atoms with van der Waals surface area (Å²) < 4.78 is 2.09. The van der Waals surface area contributed by atoms with Crippen LogP contribution in [0.5, 0.6) is 0 Å². The van der Waals surface area contributed by atoms with Crippen molar-refractivity contribution in [3.8, 4) is 0 Å². The van der Waals surface area contributed by atoms with Gasteiger partial charge in [-0.25, -0.2) is 0 Å². The van der Waals surface area contributed by atoms with Gasteiger partial charge in [-0.2, -0.15) is 0 Å². The summed E-state index contributed by atoms with van der Waals surface area (Å²) in [7, 11) is 2.02. The van der Waals surface area contributed by atoms with Crippen LogP contribution in [0.15, 0.2) is 42.9 Å². The quantitative estimate of drug-likeness (QED) is 0.850. The van der Waals surface area contributed by atoms with Gasteiger partial charge in [0.05, 0.1) is 5.56 Å². The summed E-state index contributed by atoms with van der Waals surface area (Å²) in [4.78, 5) is 18.5. The van der Waals surface area contributed by atoms with Gasteiger partial charge in [-0.15, -0.1) is 0 Å². The highest BCUT2D eigenvalue weighted by Crippen LogP contribution is 2.19. The van der Waals surface area contributed by atoms with Gasteiger partial charge in [0.15, 0.2) is 0 Å². The van der Waals surface area contributed by atoms with E-state index in [4.69, 9.17) is 0 Å². The maximum absolute atomic E-state index is 12.3. The van der Waals surface area contributed by atoms with Crippen LogP contribution in [-0.4, -0.2) is 51.2 Å². The van der Waals surface area contributed by atoms with E-state index < -0.39 is 0 Å². The van der Waals surface area contributed by atoms with Gasteiger partial charge in [-0.1, -0.05) is 0 Å². The third kappa shape index (κ3) is 3.60. The van der Waals surface area contributed by atoms with Crippen LogP contribution in [0, 0.1) is 5.92 Å². The summed E-state index contributed by atoms with van der Waals surface area (Å²) in [5, 5.41) is 12.7. The summed E-state index contributed by atoms with van der Waals surface area (Å²) >= 11 is 0. The predicted octanol–water partition coefficient (Wildman–Crippen LogP) is 0.643. The van der Waals surface area contributed by atoms with E-state index in [0.29, 0.717) is 5.56 Å². The molecule has 1 aliphatic heterocycles. The fourth-order valence-corrected chi connectivity index (χ4v) is 3.08. The molecule has 1 amide bonds. The number of carbonyl (C=O) groups is 1. The number of aliphatic hydroxyl groups is 1. The van der Waals surface area contributed by atoms with E-state index in [9.17, 15) is 9.90 Å². The molecule has 3 rings (SSSR count). The number of pyridine rings is 1. The van der Waals surface area contributed by atoms with Crippen molar-refractivity contribution in [1.82, 2.24) is 19.8 Å². The second-order valence-electron chi connectivity index (χ2n) is 6.07. The van der Waals surface area contributed by atoms with E-state index in [2.05, 4.69) is 25.8 Å². The molecule has 2 aromatic rings. The number of hydrogen-bond acceptors (Lipinski definition) is 4. The number of nitrogens with zero attached hydrogens (tertiary/aromatic N) is 3. The molecule has 0 unspecified atom stereocenters. The molecule has 6 heteroatoms. The van der Waals surface area contributed by atoms with E-state index >= 15 is 0 Å². The summed E-state index contributed by atoms with van der Waals surface area (Å²) in [6.07, 6.45) is 5.22. The Kier molecular flexibility index (Phi) is 4.73. The second-order valence-corrected chi connectivity index (χ2v) is 6.07. The first-order chi connectivity index (χ1) is 11.2.